The summed E-state index contributed by atoms with van der Waals surface area (Å²) in [6.07, 6.45) is -0.00524. The topological polar surface area (TPSA) is 42.7 Å². The monoisotopic (exact) mass is 242 g/mol. The van der Waals surface area contributed by atoms with Gasteiger partial charge >= 0.3 is 6.18 Å². The van der Waals surface area contributed by atoms with E-state index in [-0.39, 0.29) is 11.6 Å². The molecule has 4 nitrogen and oxygen atoms in total. The molecular formula is C10H9F3N4. The van der Waals surface area contributed by atoms with Crippen LogP contribution >= 0.6 is 0 Å². The lowest BCUT2D eigenvalue weighted by Crippen LogP contribution is -2.09. The van der Waals surface area contributed by atoms with Crippen molar-refractivity contribution in [1.29, 1.82) is 0 Å². The molecule has 2 aromatic heterocycles. The largest absolute Gasteiger partial charge is 0.416 e. The van der Waals surface area contributed by atoms with Gasteiger partial charge in [0.1, 0.15) is 18.0 Å². The average Bonchev–Trinajstić information content (AvgIpc) is 2.80. The van der Waals surface area contributed by atoms with E-state index in [1.54, 1.807) is 0 Å². The first kappa shape index (κ1) is 11.4. The van der Waals surface area contributed by atoms with E-state index in [1.807, 2.05) is 0 Å². The van der Waals surface area contributed by atoms with Crippen molar-refractivity contribution in [3.63, 3.8) is 0 Å². The minimum absolute atomic E-state index is 0.156. The molecule has 2 heterocycles. The van der Waals surface area contributed by atoms with Crippen LogP contribution in [0.2, 0.25) is 0 Å². The summed E-state index contributed by atoms with van der Waals surface area (Å²) in [4.78, 5) is 7.79. The first-order valence-corrected chi connectivity index (χ1v) is 4.76. The van der Waals surface area contributed by atoms with Gasteiger partial charge < -0.3 is 5.32 Å². The fraction of sp³-hybridized carbons (Fsp3) is 0.200. The maximum atomic E-state index is 12.6. The zero-order chi connectivity index (χ0) is 12.5. The van der Waals surface area contributed by atoms with Crippen molar-refractivity contribution >= 4 is 5.82 Å². The molecule has 0 aliphatic carbocycles. The van der Waals surface area contributed by atoms with Gasteiger partial charge in [-0.25, -0.2) is 9.97 Å². The third-order valence-electron chi connectivity index (χ3n) is 2.16. The lowest BCUT2D eigenvalue weighted by molar-refractivity contribution is -0.137. The fourth-order valence-electron chi connectivity index (χ4n) is 1.33. The molecule has 0 aromatic carbocycles. The SMILES string of the molecule is CNc1cc(C(F)(F)F)cc(-n2ccnc2)n1. The van der Waals surface area contributed by atoms with Crippen LogP contribution in [0.4, 0.5) is 19.0 Å². The molecule has 0 radical (unpaired) electrons. The third-order valence-corrected chi connectivity index (χ3v) is 2.16. The summed E-state index contributed by atoms with van der Waals surface area (Å²) in [6, 6.07) is 1.93. The second-order valence-electron chi connectivity index (χ2n) is 3.32. The highest BCUT2D eigenvalue weighted by molar-refractivity contribution is 5.44. The van der Waals surface area contributed by atoms with Crippen molar-refractivity contribution in [3.05, 3.63) is 36.4 Å². The van der Waals surface area contributed by atoms with E-state index in [1.165, 1.54) is 30.3 Å². The standard InChI is InChI=1S/C10H9F3N4/c1-14-8-4-7(10(11,12)13)5-9(16-8)17-3-2-15-6-17/h2-6H,1H3,(H,14,16). The van der Waals surface area contributed by atoms with Crippen molar-refractivity contribution in [2.45, 2.75) is 6.18 Å². The summed E-state index contributed by atoms with van der Waals surface area (Å²) >= 11 is 0. The van der Waals surface area contributed by atoms with Gasteiger partial charge in [-0.3, -0.25) is 4.57 Å². The Bertz CT molecular complexity index is 505. The number of pyridine rings is 1. The lowest BCUT2D eigenvalue weighted by Gasteiger charge is -2.11. The van der Waals surface area contributed by atoms with Crippen molar-refractivity contribution < 1.29 is 13.2 Å². The molecule has 0 saturated heterocycles. The summed E-state index contributed by atoms with van der Waals surface area (Å²) in [5.41, 5.74) is -0.749. The number of imidazole rings is 1. The predicted molar refractivity (Wildman–Crippen MR) is 55.9 cm³/mol. The molecule has 0 atom stereocenters. The van der Waals surface area contributed by atoms with Gasteiger partial charge in [-0.15, -0.1) is 0 Å². The van der Waals surface area contributed by atoms with Crippen LogP contribution in [0.1, 0.15) is 5.56 Å². The zero-order valence-corrected chi connectivity index (χ0v) is 8.86. The van der Waals surface area contributed by atoms with E-state index in [0.717, 1.165) is 12.1 Å². The summed E-state index contributed by atoms with van der Waals surface area (Å²) < 4.78 is 39.3. The molecule has 2 rings (SSSR count). The molecule has 0 unspecified atom stereocenters. The Kier molecular flexibility index (Phi) is 2.74. The highest BCUT2D eigenvalue weighted by Gasteiger charge is 2.31. The number of halogens is 3. The van der Waals surface area contributed by atoms with Crippen molar-refractivity contribution in [1.82, 2.24) is 14.5 Å². The summed E-state index contributed by atoms with van der Waals surface area (Å²) in [7, 11) is 1.51. The van der Waals surface area contributed by atoms with Crippen molar-refractivity contribution in [3.8, 4) is 5.82 Å². The van der Waals surface area contributed by atoms with Crippen LogP contribution in [0.25, 0.3) is 5.82 Å². The van der Waals surface area contributed by atoms with E-state index in [2.05, 4.69) is 15.3 Å². The normalized spacial score (nSPS) is 11.5. The van der Waals surface area contributed by atoms with Crippen LogP contribution < -0.4 is 5.32 Å². The Morgan fingerprint density at radius 3 is 2.59 bits per heavy atom. The Morgan fingerprint density at radius 2 is 2.06 bits per heavy atom. The molecule has 2 aromatic rings. The fourth-order valence-corrected chi connectivity index (χ4v) is 1.33. The molecule has 0 bridgehead atoms. The maximum Gasteiger partial charge on any atom is 0.416 e. The van der Waals surface area contributed by atoms with E-state index < -0.39 is 11.7 Å². The van der Waals surface area contributed by atoms with Crippen LogP contribution in [0.3, 0.4) is 0 Å². The van der Waals surface area contributed by atoms with Crippen LogP contribution in [-0.4, -0.2) is 21.6 Å². The highest BCUT2D eigenvalue weighted by atomic mass is 19.4. The van der Waals surface area contributed by atoms with E-state index in [4.69, 9.17) is 0 Å². The number of nitrogens with zero attached hydrogens (tertiary/aromatic N) is 3. The van der Waals surface area contributed by atoms with Crippen LogP contribution in [0.5, 0.6) is 0 Å². The number of aromatic nitrogens is 3. The Balaban J connectivity index is 2.54. The second-order valence-corrected chi connectivity index (χ2v) is 3.32. The van der Waals surface area contributed by atoms with Crippen molar-refractivity contribution in [2.24, 2.45) is 0 Å². The smallest absolute Gasteiger partial charge is 0.373 e. The minimum atomic E-state index is -4.40. The second kappa shape index (κ2) is 4.08. The lowest BCUT2D eigenvalue weighted by atomic mass is 10.2. The van der Waals surface area contributed by atoms with Gasteiger partial charge in [-0.1, -0.05) is 0 Å². The quantitative estimate of drug-likeness (QED) is 0.878. The average molecular weight is 242 g/mol. The summed E-state index contributed by atoms with van der Waals surface area (Å²) in [6.45, 7) is 0. The molecule has 0 spiro atoms. The minimum Gasteiger partial charge on any atom is -0.373 e. The molecule has 0 amide bonds. The molecule has 0 saturated carbocycles. The number of nitrogens with one attached hydrogen (secondary N) is 1. The van der Waals surface area contributed by atoms with Gasteiger partial charge in [-0.05, 0) is 12.1 Å². The zero-order valence-electron chi connectivity index (χ0n) is 8.86. The molecule has 90 valence electrons. The van der Waals surface area contributed by atoms with Crippen LogP contribution in [0.15, 0.2) is 30.9 Å². The first-order chi connectivity index (χ1) is 8.00. The van der Waals surface area contributed by atoms with Gasteiger partial charge in [0.05, 0.1) is 5.56 Å². The number of rotatable bonds is 2. The van der Waals surface area contributed by atoms with E-state index in [0.29, 0.717) is 0 Å². The van der Waals surface area contributed by atoms with Crippen LogP contribution in [-0.2, 0) is 6.18 Å². The number of hydrogen-bond acceptors (Lipinski definition) is 3. The number of alkyl halides is 3. The van der Waals surface area contributed by atoms with Crippen LogP contribution in [0, 0.1) is 0 Å². The first-order valence-electron chi connectivity index (χ1n) is 4.76. The molecule has 1 N–H and O–H groups in total. The Labute approximate surface area is 95.1 Å². The van der Waals surface area contributed by atoms with Gasteiger partial charge in [-0.2, -0.15) is 13.2 Å². The molecule has 0 fully saturated rings. The van der Waals surface area contributed by atoms with Gasteiger partial charge in [0, 0.05) is 19.4 Å². The van der Waals surface area contributed by atoms with Gasteiger partial charge in [0.15, 0.2) is 0 Å². The summed E-state index contributed by atoms with van der Waals surface area (Å²) in [5.74, 6) is 0.324. The molecule has 7 heteroatoms. The Morgan fingerprint density at radius 1 is 1.29 bits per heavy atom. The van der Waals surface area contributed by atoms with Gasteiger partial charge in [0.25, 0.3) is 0 Å². The molecule has 0 aliphatic rings. The molecular weight excluding hydrogens is 233 g/mol. The number of hydrogen-bond donors (Lipinski definition) is 1. The van der Waals surface area contributed by atoms with Gasteiger partial charge in [0.2, 0.25) is 0 Å². The van der Waals surface area contributed by atoms with E-state index in [9.17, 15) is 13.2 Å². The molecule has 17 heavy (non-hydrogen) atoms. The Hall–Kier alpha value is -2.05. The van der Waals surface area contributed by atoms with E-state index >= 15 is 0 Å². The third kappa shape index (κ3) is 2.38. The predicted octanol–water partition coefficient (Wildman–Crippen LogP) is 2.33. The van der Waals surface area contributed by atoms with Crippen molar-refractivity contribution in [2.75, 3.05) is 12.4 Å². The summed E-state index contributed by atoms with van der Waals surface area (Å²) in [5, 5.41) is 2.60. The molecule has 0 aliphatic heterocycles. The maximum absolute atomic E-state index is 12.6. The highest BCUT2D eigenvalue weighted by Crippen LogP contribution is 2.31. The number of anilines is 1.